The molecule has 1 aliphatic rings. The molecule has 0 spiro atoms. The van der Waals surface area contributed by atoms with Crippen molar-refractivity contribution in [3.63, 3.8) is 0 Å². The van der Waals surface area contributed by atoms with Gasteiger partial charge in [0.25, 0.3) is 0 Å². The summed E-state index contributed by atoms with van der Waals surface area (Å²) in [5, 5.41) is 7.13. The van der Waals surface area contributed by atoms with Gasteiger partial charge >= 0.3 is 6.18 Å². The van der Waals surface area contributed by atoms with Crippen LogP contribution in [0.4, 0.5) is 13.2 Å². The molecule has 1 aliphatic carbocycles. The summed E-state index contributed by atoms with van der Waals surface area (Å²) in [5.41, 5.74) is 0. The van der Waals surface area contributed by atoms with Crippen molar-refractivity contribution in [2.75, 3.05) is 6.54 Å². The van der Waals surface area contributed by atoms with Gasteiger partial charge in [-0.15, -0.1) is 0 Å². The molecular formula is C12H19F3N4. The molecule has 0 aromatic carbocycles. The Hall–Kier alpha value is -1.11. The second kappa shape index (κ2) is 5.90. The van der Waals surface area contributed by atoms with Gasteiger partial charge in [0.2, 0.25) is 0 Å². The van der Waals surface area contributed by atoms with Gasteiger partial charge < -0.3 is 5.32 Å². The molecule has 7 heteroatoms. The third-order valence-electron chi connectivity index (χ3n) is 3.59. The van der Waals surface area contributed by atoms with Gasteiger partial charge in [-0.1, -0.05) is 12.8 Å². The molecule has 0 aliphatic heterocycles. The highest BCUT2D eigenvalue weighted by atomic mass is 19.4. The van der Waals surface area contributed by atoms with Crippen LogP contribution in [0.2, 0.25) is 0 Å². The summed E-state index contributed by atoms with van der Waals surface area (Å²) < 4.78 is 40.2. The van der Waals surface area contributed by atoms with Crippen LogP contribution in [0.25, 0.3) is 0 Å². The minimum absolute atomic E-state index is 0.239. The van der Waals surface area contributed by atoms with E-state index in [-0.39, 0.29) is 6.42 Å². The summed E-state index contributed by atoms with van der Waals surface area (Å²) in [6.07, 6.45) is 0.427. The van der Waals surface area contributed by atoms with Gasteiger partial charge in [0, 0.05) is 26.1 Å². The maximum Gasteiger partial charge on any atom is 0.393 e. The monoisotopic (exact) mass is 276 g/mol. The van der Waals surface area contributed by atoms with Crippen LogP contribution in [0.1, 0.15) is 31.5 Å². The normalized spacial score (nSPS) is 24.6. The summed E-state index contributed by atoms with van der Waals surface area (Å²) in [6, 6.07) is -0.461. The SMILES string of the molecule is Cn1cnc(CCNC2CCCCC2C(F)(F)F)n1. The van der Waals surface area contributed by atoms with Crippen molar-refractivity contribution in [3.8, 4) is 0 Å². The molecule has 2 unspecified atom stereocenters. The Morgan fingerprint density at radius 2 is 2.11 bits per heavy atom. The van der Waals surface area contributed by atoms with Gasteiger partial charge in [-0.25, -0.2) is 4.98 Å². The number of aromatic nitrogens is 3. The first-order valence-corrected chi connectivity index (χ1v) is 6.61. The van der Waals surface area contributed by atoms with Crippen molar-refractivity contribution in [2.45, 2.75) is 44.3 Å². The number of alkyl halides is 3. The van der Waals surface area contributed by atoms with Crippen molar-refractivity contribution in [1.82, 2.24) is 20.1 Å². The zero-order valence-corrected chi connectivity index (χ0v) is 11.0. The molecule has 1 aromatic heterocycles. The fourth-order valence-corrected chi connectivity index (χ4v) is 2.63. The van der Waals surface area contributed by atoms with Crippen molar-refractivity contribution < 1.29 is 13.2 Å². The molecule has 4 nitrogen and oxygen atoms in total. The van der Waals surface area contributed by atoms with Gasteiger partial charge in [0.1, 0.15) is 6.33 Å². The first-order valence-electron chi connectivity index (χ1n) is 6.61. The molecule has 2 rings (SSSR count). The molecule has 0 amide bonds. The highest BCUT2D eigenvalue weighted by Crippen LogP contribution is 2.37. The van der Waals surface area contributed by atoms with Gasteiger partial charge in [-0.2, -0.15) is 18.3 Å². The molecule has 1 fully saturated rings. The first kappa shape index (κ1) is 14.3. The Balaban J connectivity index is 1.83. The maximum atomic E-state index is 12.9. The topological polar surface area (TPSA) is 42.7 Å². The molecule has 19 heavy (non-hydrogen) atoms. The highest BCUT2D eigenvalue weighted by molar-refractivity contribution is 4.88. The molecule has 1 saturated carbocycles. The number of halogens is 3. The van der Waals surface area contributed by atoms with E-state index >= 15 is 0 Å². The Morgan fingerprint density at radius 3 is 2.74 bits per heavy atom. The van der Waals surface area contributed by atoms with Crippen LogP contribution < -0.4 is 5.32 Å². The molecule has 0 bridgehead atoms. The van der Waals surface area contributed by atoms with E-state index in [4.69, 9.17) is 0 Å². The van der Waals surface area contributed by atoms with E-state index in [2.05, 4.69) is 15.4 Å². The van der Waals surface area contributed by atoms with Gasteiger partial charge in [0.05, 0.1) is 5.92 Å². The van der Waals surface area contributed by atoms with Crippen LogP contribution in [0, 0.1) is 5.92 Å². The minimum Gasteiger partial charge on any atom is -0.313 e. The van der Waals surface area contributed by atoms with Gasteiger partial charge in [-0.05, 0) is 12.8 Å². The van der Waals surface area contributed by atoms with Crippen LogP contribution in [0.3, 0.4) is 0 Å². The lowest BCUT2D eigenvalue weighted by atomic mass is 9.84. The number of rotatable bonds is 4. The van der Waals surface area contributed by atoms with E-state index in [9.17, 15) is 13.2 Å². The average Bonchev–Trinajstić information content (AvgIpc) is 2.74. The van der Waals surface area contributed by atoms with Crippen LogP contribution >= 0.6 is 0 Å². The highest BCUT2D eigenvalue weighted by Gasteiger charge is 2.45. The van der Waals surface area contributed by atoms with E-state index in [1.165, 1.54) is 0 Å². The molecule has 0 saturated heterocycles. The van der Waals surface area contributed by atoms with Gasteiger partial charge in [0.15, 0.2) is 5.82 Å². The molecule has 108 valence electrons. The zero-order chi connectivity index (χ0) is 13.9. The van der Waals surface area contributed by atoms with Crippen molar-refractivity contribution in [1.29, 1.82) is 0 Å². The van der Waals surface area contributed by atoms with Crippen LogP contribution in [-0.2, 0) is 13.5 Å². The Kier molecular flexibility index (Phi) is 4.44. The molecular weight excluding hydrogens is 257 g/mol. The Morgan fingerprint density at radius 1 is 1.37 bits per heavy atom. The van der Waals surface area contributed by atoms with Gasteiger partial charge in [-0.3, -0.25) is 4.68 Å². The fraction of sp³-hybridized carbons (Fsp3) is 0.833. The van der Waals surface area contributed by atoms with Crippen molar-refractivity contribution in [3.05, 3.63) is 12.2 Å². The number of hydrogen-bond acceptors (Lipinski definition) is 3. The van der Waals surface area contributed by atoms with Crippen molar-refractivity contribution >= 4 is 0 Å². The third-order valence-corrected chi connectivity index (χ3v) is 3.59. The quantitative estimate of drug-likeness (QED) is 0.915. The number of aryl methyl sites for hydroxylation is 1. The summed E-state index contributed by atoms with van der Waals surface area (Å²) in [5.74, 6) is -0.549. The number of nitrogens with one attached hydrogen (secondary N) is 1. The maximum absolute atomic E-state index is 12.9. The van der Waals surface area contributed by atoms with E-state index in [0.717, 1.165) is 6.42 Å². The second-order valence-electron chi connectivity index (χ2n) is 5.08. The van der Waals surface area contributed by atoms with E-state index in [0.29, 0.717) is 31.6 Å². The fourth-order valence-electron chi connectivity index (χ4n) is 2.63. The lowest BCUT2D eigenvalue weighted by molar-refractivity contribution is -0.188. The summed E-state index contributed by atoms with van der Waals surface area (Å²) >= 11 is 0. The van der Waals surface area contributed by atoms with Crippen LogP contribution in [-0.4, -0.2) is 33.5 Å². The lowest BCUT2D eigenvalue weighted by Gasteiger charge is -2.33. The first-order chi connectivity index (χ1) is 8.97. The van der Waals surface area contributed by atoms with Crippen LogP contribution in [0.5, 0.6) is 0 Å². The standard InChI is InChI=1S/C12H19F3N4/c1-19-8-17-11(18-19)6-7-16-10-5-3-2-4-9(10)12(13,14)15/h8-10,16H,2-7H2,1H3. The Bertz CT molecular complexity index is 402. The number of hydrogen-bond donors (Lipinski definition) is 1. The van der Waals surface area contributed by atoms with E-state index in [1.807, 2.05) is 0 Å². The van der Waals surface area contributed by atoms with Crippen molar-refractivity contribution in [2.24, 2.45) is 13.0 Å². The van der Waals surface area contributed by atoms with E-state index in [1.54, 1.807) is 18.1 Å². The molecule has 1 heterocycles. The predicted molar refractivity (Wildman–Crippen MR) is 64.5 cm³/mol. The molecule has 0 radical (unpaired) electrons. The molecule has 1 N–H and O–H groups in total. The zero-order valence-electron chi connectivity index (χ0n) is 11.0. The molecule has 1 aromatic rings. The third kappa shape index (κ3) is 3.92. The van der Waals surface area contributed by atoms with E-state index < -0.39 is 18.1 Å². The average molecular weight is 276 g/mol. The van der Waals surface area contributed by atoms with Crippen LogP contribution in [0.15, 0.2) is 6.33 Å². The number of nitrogens with zero attached hydrogens (tertiary/aromatic N) is 3. The predicted octanol–water partition coefficient (Wildman–Crippen LogP) is 2.07. The summed E-state index contributed by atoms with van der Waals surface area (Å²) in [4.78, 5) is 4.06. The molecule has 2 atom stereocenters. The lowest BCUT2D eigenvalue weighted by Crippen LogP contribution is -2.46. The second-order valence-corrected chi connectivity index (χ2v) is 5.08. The summed E-state index contributed by atoms with van der Waals surface area (Å²) in [6.45, 7) is 0.487. The summed E-state index contributed by atoms with van der Waals surface area (Å²) in [7, 11) is 1.77. The smallest absolute Gasteiger partial charge is 0.313 e. The minimum atomic E-state index is -4.10. The Labute approximate surface area is 110 Å². The largest absolute Gasteiger partial charge is 0.393 e.